The van der Waals surface area contributed by atoms with E-state index < -0.39 is 24.7 Å². The van der Waals surface area contributed by atoms with Gasteiger partial charge in [0, 0.05) is 12.3 Å². The van der Waals surface area contributed by atoms with Crippen molar-refractivity contribution < 1.29 is 22.7 Å². The number of benzene rings is 1. The van der Waals surface area contributed by atoms with Gasteiger partial charge in [-0.2, -0.15) is 0 Å². The van der Waals surface area contributed by atoms with E-state index in [9.17, 15) is 18.0 Å². The van der Waals surface area contributed by atoms with E-state index in [-0.39, 0.29) is 12.3 Å². The van der Waals surface area contributed by atoms with E-state index in [4.69, 9.17) is 4.74 Å². The number of amides is 1. The van der Waals surface area contributed by atoms with Gasteiger partial charge in [-0.3, -0.25) is 4.79 Å². The molecule has 0 bridgehead atoms. The fourth-order valence-electron chi connectivity index (χ4n) is 1.38. The van der Waals surface area contributed by atoms with E-state index in [1.54, 1.807) is 6.92 Å². The summed E-state index contributed by atoms with van der Waals surface area (Å²) < 4.78 is 42.5. The van der Waals surface area contributed by atoms with Crippen LogP contribution in [-0.4, -0.2) is 32.1 Å². The smallest absolute Gasteiger partial charge is 0.256 e. The van der Waals surface area contributed by atoms with Crippen molar-refractivity contribution in [2.75, 3.05) is 24.7 Å². The third-order valence-electron chi connectivity index (χ3n) is 2.19. The molecule has 0 N–H and O–H groups in total. The minimum Gasteiger partial charge on any atom is -0.372 e. The van der Waals surface area contributed by atoms with Gasteiger partial charge in [-0.05, 0) is 31.2 Å². The lowest BCUT2D eigenvalue weighted by Gasteiger charge is -2.22. The van der Waals surface area contributed by atoms with Gasteiger partial charge in [0.25, 0.3) is 12.3 Å². The molecule has 0 radical (unpaired) electrons. The molecule has 18 heavy (non-hydrogen) atoms. The number of nitrogens with zero attached hydrogens (tertiary/aromatic N) is 1. The summed E-state index contributed by atoms with van der Waals surface area (Å²) in [5.41, 5.74) is 0.224. The zero-order chi connectivity index (χ0) is 13.5. The van der Waals surface area contributed by atoms with Crippen LogP contribution < -0.4 is 4.90 Å². The number of carbonyl (C=O) groups is 1. The molecular weight excluding hydrogens is 247 g/mol. The van der Waals surface area contributed by atoms with Gasteiger partial charge >= 0.3 is 0 Å². The molecule has 0 aliphatic heterocycles. The Balaban J connectivity index is 2.83. The van der Waals surface area contributed by atoms with Crippen LogP contribution in [-0.2, 0) is 9.53 Å². The molecule has 1 rings (SSSR count). The van der Waals surface area contributed by atoms with Crippen LogP contribution in [0.3, 0.4) is 0 Å². The first-order valence-electron chi connectivity index (χ1n) is 5.46. The summed E-state index contributed by atoms with van der Waals surface area (Å²) in [6, 6.07) is 4.78. The zero-order valence-electron chi connectivity index (χ0n) is 9.91. The molecule has 0 aliphatic rings. The summed E-state index contributed by atoms with van der Waals surface area (Å²) in [6.45, 7) is 0.998. The topological polar surface area (TPSA) is 29.5 Å². The first-order chi connectivity index (χ1) is 8.54. The summed E-state index contributed by atoms with van der Waals surface area (Å²) in [5.74, 6) is -1.07. The van der Waals surface area contributed by atoms with Crippen molar-refractivity contribution in [1.82, 2.24) is 0 Å². The largest absolute Gasteiger partial charge is 0.372 e. The monoisotopic (exact) mass is 261 g/mol. The highest BCUT2D eigenvalue weighted by Gasteiger charge is 2.20. The molecule has 0 unspecified atom stereocenters. The lowest BCUT2D eigenvalue weighted by atomic mass is 10.2. The predicted molar refractivity (Wildman–Crippen MR) is 61.3 cm³/mol. The van der Waals surface area contributed by atoms with Gasteiger partial charge in [-0.1, -0.05) is 0 Å². The molecule has 1 aromatic rings. The van der Waals surface area contributed by atoms with Gasteiger partial charge in [0.15, 0.2) is 0 Å². The van der Waals surface area contributed by atoms with Crippen molar-refractivity contribution >= 4 is 11.6 Å². The third-order valence-corrected chi connectivity index (χ3v) is 2.19. The van der Waals surface area contributed by atoms with E-state index in [1.165, 1.54) is 12.1 Å². The molecule has 1 aromatic carbocycles. The van der Waals surface area contributed by atoms with Gasteiger partial charge in [-0.25, -0.2) is 13.2 Å². The summed E-state index contributed by atoms with van der Waals surface area (Å²) in [7, 11) is 0. The van der Waals surface area contributed by atoms with Gasteiger partial charge in [0.05, 0.1) is 6.54 Å². The molecule has 0 heterocycles. The van der Waals surface area contributed by atoms with E-state index in [1.807, 2.05) is 0 Å². The minimum absolute atomic E-state index is 0.224. The number of ether oxygens (including phenoxy) is 1. The van der Waals surface area contributed by atoms with Crippen LogP contribution in [0.1, 0.15) is 6.92 Å². The number of hydrogen-bond donors (Lipinski definition) is 0. The number of halogens is 3. The second-order valence-corrected chi connectivity index (χ2v) is 3.51. The quantitative estimate of drug-likeness (QED) is 0.787. The fourth-order valence-corrected chi connectivity index (χ4v) is 1.38. The zero-order valence-corrected chi connectivity index (χ0v) is 9.91. The fraction of sp³-hybridized carbons (Fsp3) is 0.417. The van der Waals surface area contributed by atoms with Crippen molar-refractivity contribution in [2.45, 2.75) is 13.3 Å². The van der Waals surface area contributed by atoms with E-state index in [0.29, 0.717) is 6.61 Å². The Kier molecular flexibility index (Phi) is 5.64. The van der Waals surface area contributed by atoms with Crippen LogP contribution in [0.15, 0.2) is 24.3 Å². The molecule has 1 amide bonds. The van der Waals surface area contributed by atoms with Crippen molar-refractivity contribution in [2.24, 2.45) is 0 Å². The van der Waals surface area contributed by atoms with Crippen LogP contribution in [0.5, 0.6) is 0 Å². The summed E-state index contributed by atoms with van der Waals surface area (Å²) in [6.07, 6.45) is -2.67. The molecular formula is C12H14F3NO2. The normalized spacial score (nSPS) is 10.7. The number of rotatable bonds is 6. The molecule has 100 valence electrons. The molecule has 0 atom stereocenters. The molecule has 0 saturated heterocycles. The van der Waals surface area contributed by atoms with Gasteiger partial charge in [0.2, 0.25) is 0 Å². The third kappa shape index (κ3) is 4.37. The van der Waals surface area contributed by atoms with Crippen LogP contribution >= 0.6 is 0 Å². The highest BCUT2D eigenvalue weighted by Crippen LogP contribution is 2.16. The minimum atomic E-state index is -2.67. The second-order valence-electron chi connectivity index (χ2n) is 3.51. The van der Waals surface area contributed by atoms with Crippen molar-refractivity contribution in [1.29, 1.82) is 0 Å². The van der Waals surface area contributed by atoms with Crippen LogP contribution in [0, 0.1) is 5.82 Å². The number of alkyl halides is 2. The first kappa shape index (κ1) is 14.5. The summed E-state index contributed by atoms with van der Waals surface area (Å²) >= 11 is 0. The lowest BCUT2D eigenvalue weighted by molar-refractivity contribution is -0.123. The molecule has 0 saturated carbocycles. The maximum Gasteiger partial charge on any atom is 0.256 e. The highest BCUT2D eigenvalue weighted by atomic mass is 19.3. The number of carbonyl (C=O) groups excluding carboxylic acids is 1. The summed E-state index contributed by atoms with van der Waals surface area (Å²) in [5, 5.41) is 0. The number of hydrogen-bond acceptors (Lipinski definition) is 2. The lowest BCUT2D eigenvalue weighted by Crippen LogP contribution is -2.37. The Hall–Kier alpha value is -1.56. The van der Waals surface area contributed by atoms with Gasteiger partial charge in [0.1, 0.15) is 12.4 Å². The van der Waals surface area contributed by atoms with Crippen molar-refractivity contribution in [3.05, 3.63) is 30.1 Å². The van der Waals surface area contributed by atoms with Crippen LogP contribution in [0.4, 0.5) is 18.9 Å². The Morgan fingerprint density at radius 3 is 2.44 bits per heavy atom. The maximum atomic E-state index is 12.7. The van der Waals surface area contributed by atoms with E-state index in [2.05, 4.69) is 0 Å². The Morgan fingerprint density at radius 2 is 1.94 bits per heavy atom. The van der Waals surface area contributed by atoms with E-state index in [0.717, 1.165) is 17.0 Å². The standard InChI is InChI=1S/C12H14F3NO2/c1-2-18-8-12(17)16(7-11(14)15)10-5-3-9(13)4-6-10/h3-6,11H,2,7-8H2,1H3. The average Bonchev–Trinajstić information content (AvgIpc) is 2.34. The van der Waals surface area contributed by atoms with Crippen LogP contribution in [0.25, 0.3) is 0 Å². The molecule has 6 heteroatoms. The molecule has 0 aromatic heterocycles. The van der Waals surface area contributed by atoms with Gasteiger partial charge in [-0.15, -0.1) is 0 Å². The summed E-state index contributed by atoms with van der Waals surface area (Å²) in [4.78, 5) is 12.6. The molecule has 0 spiro atoms. The second kappa shape index (κ2) is 7.00. The Labute approximate surface area is 103 Å². The Bertz CT molecular complexity index is 381. The average molecular weight is 261 g/mol. The Morgan fingerprint density at radius 1 is 1.33 bits per heavy atom. The highest BCUT2D eigenvalue weighted by molar-refractivity contribution is 5.94. The van der Waals surface area contributed by atoms with E-state index >= 15 is 0 Å². The maximum absolute atomic E-state index is 12.7. The SMILES string of the molecule is CCOCC(=O)N(CC(F)F)c1ccc(F)cc1. The molecule has 0 aliphatic carbocycles. The predicted octanol–water partition coefficient (Wildman–Crippen LogP) is 2.46. The number of anilines is 1. The van der Waals surface area contributed by atoms with Gasteiger partial charge < -0.3 is 9.64 Å². The molecule has 3 nitrogen and oxygen atoms in total. The van der Waals surface area contributed by atoms with Crippen molar-refractivity contribution in [3.8, 4) is 0 Å². The molecule has 0 fully saturated rings. The first-order valence-corrected chi connectivity index (χ1v) is 5.46. The van der Waals surface area contributed by atoms with Crippen LogP contribution in [0.2, 0.25) is 0 Å². The van der Waals surface area contributed by atoms with Crippen molar-refractivity contribution in [3.63, 3.8) is 0 Å².